The monoisotopic (exact) mass is 273 g/mol. The molecule has 20 heavy (non-hydrogen) atoms. The highest BCUT2D eigenvalue weighted by molar-refractivity contribution is 5.75. The summed E-state index contributed by atoms with van der Waals surface area (Å²) in [7, 11) is 0. The lowest BCUT2D eigenvalue weighted by molar-refractivity contribution is -0.139. The van der Waals surface area contributed by atoms with Crippen LogP contribution >= 0.6 is 0 Å². The Balaban J connectivity index is 2.10. The molecule has 5 nitrogen and oxygen atoms in total. The number of hydrogen-bond acceptors (Lipinski definition) is 3. The first-order valence-corrected chi connectivity index (χ1v) is 6.61. The lowest BCUT2D eigenvalue weighted by Gasteiger charge is -2.17. The van der Waals surface area contributed by atoms with Crippen LogP contribution in [0.3, 0.4) is 0 Å². The molecule has 0 saturated carbocycles. The molecule has 2 rings (SSSR count). The second kappa shape index (κ2) is 6.34. The predicted molar refractivity (Wildman–Crippen MR) is 76.3 cm³/mol. The van der Waals surface area contributed by atoms with Crippen LogP contribution in [-0.4, -0.2) is 20.6 Å². The highest BCUT2D eigenvalue weighted by atomic mass is 16.4. The molecular formula is C15H19N3O2. The molecule has 2 aromatic rings. The molecule has 1 unspecified atom stereocenters. The number of aromatic nitrogens is 2. The van der Waals surface area contributed by atoms with Gasteiger partial charge in [-0.2, -0.15) is 0 Å². The minimum Gasteiger partial charge on any atom is -0.480 e. The Morgan fingerprint density at radius 1 is 1.35 bits per heavy atom. The molecule has 0 radical (unpaired) electrons. The number of benzene rings is 1. The maximum absolute atomic E-state index is 11.4. The van der Waals surface area contributed by atoms with Gasteiger partial charge in [-0.1, -0.05) is 30.3 Å². The van der Waals surface area contributed by atoms with Gasteiger partial charge < -0.3 is 9.67 Å². The summed E-state index contributed by atoms with van der Waals surface area (Å²) in [6.45, 7) is 4.60. The highest BCUT2D eigenvalue weighted by Gasteiger charge is 2.19. The number of carboxylic acids is 1. The average Bonchev–Trinajstić information content (AvgIpc) is 2.88. The Morgan fingerprint density at radius 2 is 2.05 bits per heavy atom. The molecule has 0 aliphatic carbocycles. The van der Waals surface area contributed by atoms with Gasteiger partial charge in [0, 0.05) is 18.8 Å². The van der Waals surface area contributed by atoms with E-state index in [1.54, 1.807) is 12.5 Å². The molecule has 0 aliphatic heterocycles. The fourth-order valence-electron chi connectivity index (χ4n) is 2.13. The number of nitrogens with zero attached hydrogens (tertiary/aromatic N) is 2. The van der Waals surface area contributed by atoms with Crippen molar-refractivity contribution in [1.29, 1.82) is 0 Å². The van der Waals surface area contributed by atoms with Crippen molar-refractivity contribution in [3.8, 4) is 0 Å². The maximum atomic E-state index is 11.4. The predicted octanol–water partition coefficient (Wildman–Crippen LogP) is 2.38. The number of rotatable bonds is 6. The largest absolute Gasteiger partial charge is 0.480 e. The van der Waals surface area contributed by atoms with E-state index in [4.69, 9.17) is 0 Å². The molecule has 1 atom stereocenters. The zero-order valence-corrected chi connectivity index (χ0v) is 11.7. The van der Waals surface area contributed by atoms with Gasteiger partial charge in [0.25, 0.3) is 0 Å². The average molecular weight is 273 g/mol. The van der Waals surface area contributed by atoms with Crippen LogP contribution in [0.5, 0.6) is 0 Å². The molecule has 1 aromatic carbocycles. The molecule has 0 bridgehead atoms. The van der Waals surface area contributed by atoms with Gasteiger partial charge in [-0.25, -0.2) is 4.98 Å². The summed E-state index contributed by atoms with van der Waals surface area (Å²) in [4.78, 5) is 15.5. The van der Waals surface area contributed by atoms with Crippen molar-refractivity contribution in [3.63, 3.8) is 0 Å². The molecule has 5 heteroatoms. The smallest absolute Gasteiger partial charge is 0.325 e. The summed E-state index contributed by atoms with van der Waals surface area (Å²) in [5, 5.41) is 12.4. The van der Waals surface area contributed by atoms with Crippen molar-refractivity contribution in [2.24, 2.45) is 0 Å². The van der Waals surface area contributed by atoms with E-state index in [0.717, 1.165) is 11.3 Å². The molecule has 0 spiro atoms. The molecular weight excluding hydrogens is 254 g/mol. The zero-order chi connectivity index (χ0) is 14.5. The van der Waals surface area contributed by atoms with Gasteiger partial charge in [-0.05, 0) is 19.4 Å². The Kier molecular flexibility index (Phi) is 4.53. The van der Waals surface area contributed by atoms with E-state index in [0.29, 0.717) is 12.6 Å². The SMILES string of the molecule is CC(C)n1cncc1CNC(C(=O)O)c1ccccc1. The standard InChI is InChI=1S/C15H19N3O2/c1-11(2)18-10-16-8-13(18)9-17-14(15(19)20)12-6-4-3-5-7-12/h3-8,10-11,14,17H,9H2,1-2H3,(H,19,20). The summed E-state index contributed by atoms with van der Waals surface area (Å²) in [5.74, 6) is -0.883. The Bertz CT molecular complexity index is 564. The third-order valence-corrected chi connectivity index (χ3v) is 3.17. The van der Waals surface area contributed by atoms with Gasteiger partial charge >= 0.3 is 5.97 Å². The number of hydrogen-bond donors (Lipinski definition) is 2. The summed E-state index contributed by atoms with van der Waals surface area (Å²) in [6, 6.07) is 8.75. The van der Waals surface area contributed by atoms with Gasteiger partial charge in [0.15, 0.2) is 0 Å². The quantitative estimate of drug-likeness (QED) is 0.848. The Morgan fingerprint density at radius 3 is 2.65 bits per heavy atom. The van der Waals surface area contributed by atoms with Crippen LogP contribution in [0.25, 0.3) is 0 Å². The number of carbonyl (C=O) groups is 1. The highest BCUT2D eigenvalue weighted by Crippen LogP contribution is 2.15. The van der Waals surface area contributed by atoms with E-state index in [1.807, 2.05) is 34.9 Å². The number of imidazole rings is 1. The first kappa shape index (κ1) is 14.3. The minimum atomic E-state index is -0.883. The van der Waals surface area contributed by atoms with Gasteiger partial charge in [-0.15, -0.1) is 0 Å². The van der Waals surface area contributed by atoms with Crippen LogP contribution in [-0.2, 0) is 11.3 Å². The number of nitrogens with one attached hydrogen (secondary N) is 1. The molecule has 1 aromatic heterocycles. The zero-order valence-electron chi connectivity index (χ0n) is 11.7. The van der Waals surface area contributed by atoms with E-state index >= 15 is 0 Å². The molecule has 1 heterocycles. The fourth-order valence-corrected chi connectivity index (χ4v) is 2.13. The van der Waals surface area contributed by atoms with Gasteiger partial charge in [0.2, 0.25) is 0 Å². The van der Waals surface area contributed by atoms with E-state index in [-0.39, 0.29) is 0 Å². The van der Waals surface area contributed by atoms with Crippen LogP contribution in [0.15, 0.2) is 42.9 Å². The molecule has 106 valence electrons. The molecule has 0 amide bonds. The summed E-state index contributed by atoms with van der Waals surface area (Å²) < 4.78 is 2.02. The van der Waals surface area contributed by atoms with Crippen molar-refractivity contribution in [1.82, 2.24) is 14.9 Å². The molecule has 0 aliphatic rings. The summed E-state index contributed by atoms with van der Waals surface area (Å²) in [5.41, 5.74) is 1.72. The molecule has 0 saturated heterocycles. The van der Waals surface area contributed by atoms with E-state index in [2.05, 4.69) is 24.1 Å². The van der Waals surface area contributed by atoms with Crippen LogP contribution in [0.2, 0.25) is 0 Å². The van der Waals surface area contributed by atoms with Crippen LogP contribution in [0.1, 0.15) is 37.2 Å². The Hall–Kier alpha value is -2.14. The van der Waals surface area contributed by atoms with Gasteiger partial charge in [0.05, 0.1) is 12.0 Å². The second-order valence-electron chi connectivity index (χ2n) is 4.95. The maximum Gasteiger partial charge on any atom is 0.325 e. The van der Waals surface area contributed by atoms with E-state index in [1.165, 1.54) is 0 Å². The van der Waals surface area contributed by atoms with E-state index in [9.17, 15) is 9.90 Å². The molecule has 2 N–H and O–H groups in total. The number of carboxylic acid groups (broad SMARTS) is 1. The van der Waals surface area contributed by atoms with E-state index < -0.39 is 12.0 Å². The van der Waals surface area contributed by atoms with Gasteiger partial charge in [-0.3, -0.25) is 10.1 Å². The second-order valence-corrected chi connectivity index (χ2v) is 4.95. The van der Waals surface area contributed by atoms with Crippen LogP contribution in [0.4, 0.5) is 0 Å². The summed E-state index contributed by atoms with van der Waals surface area (Å²) in [6.07, 6.45) is 3.52. The van der Waals surface area contributed by atoms with Crippen molar-refractivity contribution >= 4 is 5.97 Å². The topological polar surface area (TPSA) is 67.2 Å². The van der Waals surface area contributed by atoms with Crippen molar-refractivity contribution in [3.05, 3.63) is 54.1 Å². The Labute approximate surface area is 118 Å². The van der Waals surface area contributed by atoms with Crippen LogP contribution in [0, 0.1) is 0 Å². The molecule has 0 fully saturated rings. The first-order chi connectivity index (χ1) is 9.59. The van der Waals surface area contributed by atoms with Crippen molar-refractivity contribution in [2.75, 3.05) is 0 Å². The normalized spacial score (nSPS) is 12.6. The fraction of sp³-hybridized carbons (Fsp3) is 0.333. The van der Waals surface area contributed by atoms with Crippen LogP contribution < -0.4 is 5.32 Å². The lowest BCUT2D eigenvalue weighted by Crippen LogP contribution is -2.29. The first-order valence-electron chi connectivity index (χ1n) is 6.61. The van der Waals surface area contributed by atoms with Crippen molar-refractivity contribution in [2.45, 2.75) is 32.5 Å². The van der Waals surface area contributed by atoms with Gasteiger partial charge in [0.1, 0.15) is 6.04 Å². The third-order valence-electron chi connectivity index (χ3n) is 3.17. The minimum absolute atomic E-state index is 0.300. The van der Waals surface area contributed by atoms with Crippen molar-refractivity contribution < 1.29 is 9.90 Å². The lowest BCUT2D eigenvalue weighted by atomic mass is 10.1. The number of aliphatic carboxylic acids is 1. The third kappa shape index (κ3) is 3.24. The summed E-state index contributed by atoms with van der Waals surface area (Å²) >= 11 is 0.